The summed E-state index contributed by atoms with van der Waals surface area (Å²) in [4.78, 5) is 0. The summed E-state index contributed by atoms with van der Waals surface area (Å²) in [6.45, 7) is 13.2. The van der Waals surface area contributed by atoms with E-state index in [1.807, 2.05) is 0 Å². The molecule has 1 aromatic carbocycles. The van der Waals surface area contributed by atoms with Gasteiger partial charge in [0.15, 0.2) is 0 Å². The SMILES string of the molecule is [CH2]Oc1c(C(C)(C)C)cccc1C(C)(C)C. The molecule has 0 saturated carbocycles. The van der Waals surface area contributed by atoms with E-state index in [-0.39, 0.29) is 10.8 Å². The van der Waals surface area contributed by atoms with Crippen LogP contribution < -0.4 is 4.74 Å². The minimum absolute atomic E-state index is 0.0777. The summed E-state index contributed by atoms with van der Waals surface area (Å²) in [7, 11) is 3.60. The molecule has 0 N–H and O–H groups in total. The number of benzene rings is 1. The quantitative estimate of drug-likeness (QED) is 0.678. The zero-order chi connectivity index (χ0) is 12.6. The normalized spacial score (nSPS) is 12.7. The maximum atomic E-state index is 5.38. The summed E-state index contributed by atoms with van der Waals surface area (Å²) < 4.78 is 5.38. The highest BCUT2D eigenvalue weighted by atomic mass is 16.5. The predicted octanol–water partition coefficient (Wildman–Crippen LogP) is 4.45. The fourth-order valence-electron chi connectivity index (χ4n) is 1.87. The topological polar surface area (TPSA) is 9.23 Å². The number of para-hydroxylation sites is 1. The molecular formula is C15H23O. The molecule has 1 aromatic rings. The van der Waals surface area contributed by atoms with Crippen LogP contribution >= 0.6 is 0 Å². The third-order valence-electron chi connectivity index (χ3n) is 2.78. The lowest BCUT2D eigenvalue weighted by Crippen LogP contribution is -2.18. The molecule has 1 heteroatoms. The van der Waals surface area contributed by atoms with E-state index in [1.54, 1.807) is 0 Å². The van der Waals surface area contributed by atoms with Gasteiger partial charge in [-0.15, -0.1) is 0 Å². The van der Waals surface area contributed by atoms with Gasteiger partial charge in [0.2, 0.25) is 0 Å². The van der Waals surface area contributed by atoms with Gasteiger partial charge in [-0.3, -0.25) is 0 Å². The first kappa shape index (κ1) is 13.1. The van der Waals surface area contributed by atoms with Crippen molar-refractivity contribution < 1.29 is 4.74 Å². The fourth-order valence-corrected chi connectivity index (χ4v) is 1.87. The van der Waals surface area contributed by atoms with Crippen molar-refractivity contribution in [2.24, 2.45) is 0 Å². The molecule has 1 radical (unpaired) electrons. The van der Waals surface area contributed by atoms with E-state index in [2.05, 4.69) is 66.9 Å². The highest BCUT2D eigenvalue weighted by molar-refractivity contribution is 5.48. The monoisotopic (exact) mass is 219 g/mol. The van der Waals surface area contributed by atoms with Gasteiger partial charge in [-0.1, -0.05) is 59.7 Å². The van der Waals surface area contributed by atoms with Crippen molar-refractivity contribution in [2.45, 2.75) is 52.4 Å². The highest BCUT2D eigenvalue weighted by Crippen LogP contribution is 2.39. The zero-order valence-corrected chi connectivity index (χ0v) is 11.3. The van der Waals surface area contributed by atoms with Gasteiger partial charge in [0.25, 0.3) is 0 Å². The third-order valence-corrected chi connectivity index (χ3v) is 2.78. The van der Waals surface area contributed by atoms with Crippen LogP contribution in [0.15, 0.2) is 18.2 Å². The first-order valence-electron chi connectivity index (χ1n) is 5.74. The summed E-state index contributed by atoms with van der Waals surface area (Å²) in [6.07, 6.45) is 0. The Morgan fingerprint density at radius 2 is 1.25 bits per heavy atom. The summed E-state index contributed by atoms with van der Waals surface area (Å²) in [5.41, 5.74) is 2.59. The van der Waals surface area contributed by atoms with E-state index >= 15 is 0 Å². The fraction of sp³-hybridized carbons (Fsp3) is 0.533. The molecule has 0 aromatic heterocycles. The van der Waals surface area contributed by atoms with Crippen LogP contribution in [0.1, 0.15) is 52.7 Å². The molecule has 0 spiro atoms. The van der Waals surface area contributed by atoms with E-state index in [1.165, 1.54) is 11.1 Å². The summed E-state index contributed by atoms with van der Waals surface area (Å²) in [5, 5.41) is 0. The van der Waals surface area contributed by atoms with Gasteiger partial charge < -0.3 is 4.74 Å². The smallest absolute Gasteiger partial charge is 0.126 e. The van der Waals surface area contributed by atoms with Crippen LogP contribution in [0.4, 0.5) is 0 Å². The summed E-state index contributed by atoms with van der Waals surface area (Å²) in [5.74, 6) is 0.933. The van der Waals surface area contributed by atoms with Crippen LogP contribution in [-0.2, 0) is 10.8 Å². The van der Waals surface area contributed by atoms with E-state index in [0.29, 0.717) is 0 Å². The predicted molar refractivity (Wildman–Crippen MR) is 69.8 cm³/mol. The molecule has 0 heterocycles. The first-order chi connectivity index (χ1) is 7.18. The molecule has 89 valence electrons. The van der Waals surface area contributed by atoms with E-state index < -0.39 is 0 Å². The van der Waals surface area contributed by atoms with Crippen molar-refractivity contribution >= 4 is 0 Å². The van der Waals surface area contributed by atoms with Crippen molar-refractivity contribution in [3.63, 3.8) is 0 Å². The third kappa shape index (κ3) is 2.58. The second-order valence-electron chi connectivity index (χ2n) is 6.33. The Morgan fingerprint density at radius 1 is 0.875 bits per heavy atom. The number of ether oxygens (including phenoxy) is 1. The molecule has 1 nitrogen and oxygen atoms in total. The van der Waals surface area contributed by atoms with Crippen molar-refractivity contribution in [1.82, 2.24) is 0 Å². The Balaban J connectivity index is 3.45. The minimum atomic E-state index is 0.0777. The number of rotatable bonds is 1. The van der Waals surface area contributed by atoms with Crippen molar-refractivity contribution in [3.8, 4) is 5.75 Å². The molecule has 0 aliphatic carbocycles. The van der Waals surface area contributed by atoms with Gasteiger partial charge >= 0.3 is 0 Å². The van der Waals surface area contributed by atoms with Gasteiger partial charge in [0, 0.05) is 0 Å². The Morgan fingerprint density at radius 3 is 1.50 bits per heavy atom. The average molecular weight is 219 g/mol. The van der Waals surface area contributed by atoms with Gasteiger partial charge in [0.05, 0.1) is 0 Å². The van der Waals surface area contributed by atoms with Crippen LogP contribution in [0.2, 0.25) is 0 Å². The van der Waals surface area contributed by atoms with E-state index in [9.17, 15) is 0 Å². The lowest BCUT2D eigenvalue weighted by Gasteiger charge is -2.28. The van der Waals surface area contributed by atoms with Crippen LogP contribution in [-0.4, -0.2) is 0 Å². The summed E-state index contributed by atoms with van der Waals surface area (Å²) in [6, 6.07) is 6.34. The molecule has 16 heavy (non-hydrogen) atoms. The molecule has 0 fully saturated rings. The molecule has 0 atom stereocenters. The van der Waals surface area contributed by atoms with Crippen LogP contribution in [0.5, 0.6) is 5.75 Å². The van der Waals surface area contributed by atoms with Crippen LogP contribution in [0, 0.1) is 7.11 Å². The van der Waals surface area contributed by atoms with Gasteiger partial charge in [-0.05, 0) is 22.0 Å². The van der Waals surface area contributed by atoms with Crippen molar-refractivity contribution in [2.75, 3.05) is 0 Å². The Hall–Kier alpha value is -0.980. The number of hydrogen-bond acceptors (Lipinski definition) is 1. The van der Waals surface area contributed by atoms with Gasteiger partial charge in [-0.25, -0.2) is 0 Å². The Kier molecular flexibility index (Phi) is 3.37. The van der Waals surface area contributed by atoms with Crippen molar-refractivity contribution in [1.29, 1.82) is 0 Å². The second kappa shape index (κ2) is 4.12. The highest BCUT2D eigenvalue weighted by Gasteiger charge is 2.25. The van der Waals surface area contributed by atoms with E-state index in [4.69, 9.17) is 4.74 Å². The molecule has 0 saturated heterocycles. The van der Waals surface area contributed by atoms with Crippen LogP contribution in [0.3, 0.4) is 0 Å². The van der Waals surface area contributed by atoms with E-state index in [0.717, 1.165) is 5.75 Å². The second-order valence-corrected chi connectivity index (χ2v) is 6.33. The minimum Gasteiger partial charge on any atom is -0.489 e. The molecule has 0 aliphatic rings. The molecule has 0 bridgehead atoms. The molecule has 0 amide bonds. The molecule has 0 aliphatic heterocycles. The lowest BCUT2D eigenvalue weighted by atomic mass is 9.79. The van der Waals surface area contributed by atoms with Crippen LogP contribution in [0.25, 0.3) is 0 Å². The Bertz CT molecular complexity index is 332. The zero-order valence-electron chi connectivity index (χ0n) is 11.3. The molecular weight excluding hydrogens is 196 g/mol. The molecule has 0 unspecified atom stereocenters. The standard InChI is InChI=1S/C15H23O/c1-14(2,3)11-9-8-10-12(13(11)16-7)15(4,5)6/h8-10H,7H2,1-6H3. The first-order valence-corrected chi connectivity index (χ1v) is 5.74. The number of hydrogen-bond donors (Lipinski definition) is 0. The maximum absolute atomic E-state index is 5.38. The largest absolute Gasteiger partial charge is 0.489 e. The van der Waals surface area contributed by atoms with Gasteiger partial charge in [0.1, 0.15) is 12.9 Å². The summed E-state index contributed by atoms with van der Waals surface area (Å²) >= 11 is 0. The van der Waals surface area contributed by atoms with Gasteiger partial charge in [-0.2, -0.15) is 0 Å². The lowest BCUT2D eigenvalue weighted by molar-refractivity contribution is 0.425. The maximum Gasteiger partial charge on any atom is 0.126 e. The Labute approximate surface area is 99.8 Å². The molecule has 1 rings (SSSR count). The average Bonchev–Trinajstić information content (AvgIpc) is 2.13. The van der Waals surface area contributed by atoms with Crippen molar-refractivity contribution in [3.05, 3.63) is 36.4 Å².